The van der Waals surface area contributed by atoms with E-state index in [2.05, 4.69) is 0 Å². The Labute approximate surface area is 353 Å². The zero-order valence-electron chi connectivity index (χ0n) is 31.6. The van der Waals surface area contributed by atoms with Gasteiger partial charge in [-0.05, 0) is 11.5 Å². The standard InChI is InChI=1S/C24BF20.C18H15FNO/c26-5-1(6(27)14(35)21(42)13(5)34)25(2-7(28)15(36)22(43)16(37)8(2)29,3-9(30)17(38)23(44)18(39)10(3)31)4-11(32)19(40)24(45)20(41)12(4)33;19-12-17(21)18-16-9-5-4-8-15(16)10-11-20(18)13-14-6-2-1-3-7-14/h;1-11H,12-13H2/q-1;+1. The highest BCUT2D eigenvalue weighted by Crippen LogP contribution is 2.31. The maximum Gasteiger partial charge on any atom is 0.259 e. The molecule has 6 aromatic carbocycles. The number of fused-ring (bicyclic) bond motifs is 1. The molecule has 0 aliphatic heterocycles. The maximum atomic E-state index is 15.4. The molecule has 7 aromatic rings. The normalized spacial score (nSPS) is 11.6. The molecular weight excluding hydrogens is 944 g/mol. The van der Waals surface area contributed by atoms with Gasteiger partial charge in [-0.3, -0.25) is 4.79 Å². The summed E-state index contributed by atoms with van der Waals surface area (Å²) in [4.78, 5) is 12.0. The average molecular weight is 959 g/mol. The van der Waals surface area contributed by atoms with Gasteiger partial charge in [-0.15, -0.1) is 21.9 Å². The van der Waals surface area contributed by atoms with Crippen molar-refractivity contribution in [1.82, 2.24) is 0 Å². The number of carbonyl (C=O) groups is 1. The Kier molecular flexibility index (Phi) is 13.3. The summed E-state index contributed by atoms with van der Waals surface area (Å²) >= 11 is 0. The van der Waals surface area contributed by atoms with Crippen LogP contribution in [0.4, 0.5) is 92.2 Å². The second-order valence-electron chi connectivity index (χ2n) is 13.7. The van der Waals surface area contributed by atoms with E-state index < -0.39 is 157 Å². The monoisotopic (exact) mass is 959 g/mol. The molecule has 0 N–H and O–H groups in total. The number of benzene rings is 6. The molecule has 1 aromatic heterocycles. The average Bonchev–Trinajstić information content (AvgIpc) is 3.31. The summed E-state index contributed by atoms with van der Waals surface area (Å²) < 4.78 is 309. The Morgan fingerprint density at radius 2 is 0.667 bits per heavy atom. The summed E-state index contributed by atoms with van der Waals surface area (Å²) in [6, 6.07) is 19.4. The minimum Gasteiger partial charge on any atom is -0.284 e. The summed E-state index contributed by atoms with van der Waals surface area (Å²) in [7, 11) is 0. The van der Waals surface area contributed by atoms with Gasteiger partial charge in [0, 0.05) is 11.6 Å². The van der Waals surface area contributed by atoms with Crippen LogP contribution in [0.25, 0.3) is 10.8 Å². The number of alkyl halides is 1. The van der Waals surface area contributed by atoms with Gasteiger partial charge in [0.15, 0.2) is 89.2 Å². The number of pyridine rings is 1. The minimum atomic E-state index is -7.22. The van der Waals surface area contributed by atoms with Crippen LogP contribution >= 0.6 is 0 Å². The smallest absolute Gasteiger partial charge is 0.259 e. The molecule has 0 saturated heterocycles. The second kappa shape index (κ2) is 18.1. The van der Waals surface area contributed by atoms with Gasteiger partial charge < -0.3 is 0 Å². The summed E-state index contributed by atoms with van der Waals surface area (Å²) in [5.74, 6) is -71.9. The topological polar surface area (TPSA) is 20.9 Å². The number of ketones is 1. The van der Waals surface area contributed by atoms with Gasteiger partial charge in [-0.2, -0.15) is 4.57 Å². The molecule has 24 heteroatoms. The Balaban J connectivity index is 0.000000284. The molecule has 0 unspecified atom stereocenters. The van der Waals surface area contributed by atoms with Crippen molar-refractivity contribution in [2.45, 2.75) is 6.54 Å². The van der Waals surface area contributed by atoms with Gasteiger partial charge in [-0.25, -0.2) is 92.2 Å². The van der Waals surface area contributed by atoms with Crippen molar-refractivity contribution >= 4 is 44.6 Å². The zero-order chi connectivity index (χ0) is 49.0. The molecular formula is C42H15BF21NO. The molecule has 0 amide bonds. The van der Waals surface area contributed by atoms with Gasteiger partial charge in [0.1, 0.15) is 52.7 Å². The molecule has 0 fully saturated rings. The van der Waals surface area contributed by atoms with E-state index in [9.17, 15) is 61.9 Å². The molecule has 1 heterocycles. The quantitative estimate of drug-likeness (QED) is 0.0372. The first-order valence-electron chi connectivity index (χ1n) is 17.8. The molecule has 0 atom stereocenters. The van der Waals surface area contributed by atoms with Crippen LogP contribution in [-0.2, 0) is 6.54 Å². The van der Waals surface area contributed by atoms with E-state index >= 15 is 35.1 Å². The number of hydrogen-bond acceptors (Lipinski definition) is 1. The molecule has 0 aliphatic carbocycles. The summed E-state index contributed by atoms with van der Waals surface area (Å²) in [5, 5.41) is 1.73. The SMILES string of the molecule is Fc1c(F)c(F)c([B-](c2c(F)c(F)c(F)c(F)c2F)(c2c(F)c(F)c(F)c(F)c2F)c2c(F)c(F)c(F)c(F)c2F)c(F)c1F.O=C(CF)c1c2ccccc2cc[n+]1Cc1ccccc1. The van der Waals surface area contributed by atoms with Gasteiger partial charge in [-0.1, -0.05) is 48.5 Å². The Morgan fingerprint density at radius 1 is 0.379 bits per heavy atom. The van der Waals surface area contributed by atoms with Crippen molar-refractivity contribution in [3.8, 4) is 0 Å². The molecule has 0 spiro atoms. The number of aromatic nitrogens is 1. The van der Waals surface area contributed by atoms with Crippen LogP contribution in [0.5, 0.6) is 0 Å². The fraction of sp³-hybridized carbons (Fsp3) is 0.0476. The van der Waals surface area contributed by atoms with Crippen molar-refractivity contribution in [2.75, 3.05) is 6.67 Å². The predicted octanol–water partition coefficient (Wildman–Crippen LogP) is 9.17. The molecule has 344 valence electrons. The number of hydrogen-bond donors (Lipinski definition) is 0. The highest BCUT2D eigenvalue weighted by Gasteiger charge is 2.52. The van der Waals surface area contributed by atoms with E-state index in [0.29, 0.717) is 12.2 Å². The summed E-state index contributed by atoms with van der Waals surface area (Å²) in [6.45, 7) is -0.435. The molecule has 0 bridgehead atoms. The van der Waals surface area contributed by atoms with Crippen molar-refractivity contribution in [3.05, 3.63) is 194 Å². The number of rotatable bonds is 8. The lowest BCUT2D eigenvalue weighted by atomic mass is 9.12. The first-order chi connectivity index (χ1) is 31.0. The van der Waals surface area contributed by atoms with E-state index in [0.717, 1.165) is 16.3 Å². The third-order valence-electron chi connectivity index (χ3n) is 10.2. The number of carbonyl (C=O) groups excluding carboxylic acids is 1. The molecule has 0 radical (unpaired) electrons. The molecule has 66 heavy (non-hydrogen) atoms. The van der Waals surface area contributed by atoms with Gasteiger partial charge in [0.05, 0.1) is 5.39 Å². The second-order valence-corrected chi connectivity index (χ2v) is 13.7. The fourth-order valence-electron chi connectivity index (χ4n) is 7.42. The molecule has 0 saturated carbocycles. The largest absolute Gasteiger partial charge is 0.284 e. The van der Waals surface area contributed by atoms with Gasteiger partial charge in [0.25, 0.3) is 11.5 Å². The predicted molar refractivity (Wildman–Crippen MR) is 189 cm³/mol. The lowest BCUT2D eigenvalue weighted by Gasteiger charge is -2.44. The lowest BCUT2D eigenvalue weighted by Crippen LogP contribution is -2.81. The van der Waals surface area contributed by atoms with Crippen LogP contribution in [0.3, 0.4) is 0 Å². The third-order valence-corrected chi connectivity index (χ3v) is 10.2. The lowest BCUT2D eigenvalue weighted by molar-refractivity contribution is -0.688. The zero-order valence-corrected chi connectivity index (χ0v) is 31.6. The third kappa shape index (κ3) is 7.44. The summed E-state index contributed by atoms with van der Waals surface area (Å²) in [5.41, 5.74) is -12.8. The van der Waals surface area contributed by atoms with Gasteiger partial charge in [0.2, 0.25) is 0 Å². The fourth-order valence-corrected chi connectivity index (χ4v) is 7.42. The van der Waals surface area contributed by atoms with Crippen LogP contribution in [0, 0.1) is 116 Å². The van der Waals surface area contributed by atoms with E-state index in [1.165, 1.54) is 0 Å². The van der Waals surface area contributed by atoms with Crippen molar-refractivity contribution in [1.29, 1.82) is 0 Å². The first-order valence-corrected chi connectivity index (χ1v) is 17.8. The Morgan fingerprint density at radius 3 is 0.985 bits per heavy atom. The van der Waals surface area contributed by atoms with E-state index in [1.807, 2.05) is 71.4 Å². The van der Waals surface area contributed by atoms with Crippen LogP contribution in [0.1, 0.15) is 16.1 Å². The molecule has 7 rings (SSSR count). The van der Waals surface area contributed by atoms with Crippen molar-refractivity contribution in [3.63, 3.8) is 0 Å². The summed E-state index contributed by atoms with van der Waals surface area (Å²) in [6.07, 6.45) is -5.37. The first kappa shape index (κ1) is 48.5. The van der Waals surface area contributed by atoms with Gasteiger partial charge >= 0.3 is 0 Å². The van der Waals surface area contributed by atoms with E-state index in [-0.39, 0.29) is 0 Å². The van der Waals surface area contributed by atoms with Crippen molar-refractivity contribution in [2.24, 2.45) is 0 Å². The van der Waals surface area contributed by atoms with Crippen LogP contribution in [0.2, 0.25) is 0 Å². The number of halogens is 21. The highest BCUT2D eigenvalue weighted by atomic mass is 19.2. The molecule has 2 nitrogen and oxygen atoms in total. The minimum absolute atomic E-state index is 0.430. The van der Waals surface area contributed by atoms with Crippen LogP contribution in [0.15, 0.2) is 66.9 Å². The van der Waals surface area contributed by atoms with Crippen LogP contribution < -0.4 is 26.4 Å². The van der Waals surface area contributed by atoms with E-state index in [1.54, 1.807) is 0 Å². The highest BCUT2D eigenvalue weighted by molar-refractivity contribution is 7.20. The van der Waals surface area contributed by atoms with E-state index in [4.69, 9.17) is 0 Å². The Hall–Kier alpha value is -7.01. The maximum absolute atomic E-state index is 15.4. The van der Waals surface area contributed by atoms with Crippen molar-refractivity contribution < 1.29 is 102 Å². The molecule has 0 aliphatic rings. The number of nitrogens with zero attached hydrogens (tertiary/aromatic N) is 1. The Bertz CT molecular complexity index is 2750. The van der Waals surface area contributed by atoms with Crippen LogP contribution in [-0.4, -0.2) is 18.6 Å². The number of Topliss-reactive ketones (excluding diaryl/α,β-unsaturated/α-hetero) is 1.